The third-order valence-electron chi connectivity index (χ3n) is 9.38. The van der Waals surface area contributed by atoms with Crippen LogP contribution in [0.4, 0.5) is 8.78 Å². The van der Waals surface area contributed by atoms with Crippen LogP contribution in [0, 0.1) is 11.6 Å². The fraction of sp³-hybridized carbons (Fsp3) is 0.333. The molecule has 2 aliphatic rings. The van der Waals surface area contributed by atoms with Gasteiger partial charge in [-0.25, -0.2) is 18.7 Å². The number of fused-ring (bicyclic) bond motifs is 1. The molecular weight excluding hydrogens is 590 g/mol. The molecule has 3 aromatic carbocycles. The number of ether oxygens (including phenoxy) is 2. The topological polar surface area (TPSA) is 84.9 Å². The lowest BCUT2D eigenvalue weighted by Gasteiger charge is -2.26. The Kier molecular flexibility index (Phi) is 7.78. The first-order chi connectivity index (χ1) is 21.9. The molecule has 6 rings (SSSR count). The molecule has 46 heavy (non-hydrogen) atoms. The van der Waals surface area contributed by atoms with Gasteiger partial charge in [-0.15, -0.1) is 0 Å². The standard InChI is InChI=1S/C36H36F2N4O4/c1-35(2)20-36(3,34(44)41(35)4)23-13-10-21(11-14-23)16-27-31-28(40-32(39-27)30-25(37)8-7-9-26(30)38)19-42(33(31)43)18-22-12-15-24(45-5)17-29(22)46-6/h7-15,17H,16,18-20H2,1-6H3/t36-/m0/s1. The molecule has 0 bridgehead atoms. The van der Waals surface area contributed by atoms with E-state index in [0.717, 1.165) is 28.8 Å². The van der Waals surface area contributed by atoms with E-state index in [2.05, 4.69) is 23.8 Å². The normalized spacial score (nSPS) is 18.7. The van der Waals surface area contributed by atoms with Crippen molar-refractivity contribution in [2.24, 2.45) is 0 Å². The number of halogens is 2. The lowest BCUT2D eigenvalue weighted by Crippen LogP contribution is -2.38. The van der Waals surface area contributed by atoms with E-state index < -0.39 is 17.0 Å². The van der Waals surface area contributed by atoms with Crippen LogP contribution in [0.15, 0.2) is 60.7 Å². The number of hydrogen-bond acceptors (Lipinski definition) is 6. The largest absolute Gasteiger partial charge is 0.497 e. The molecule has 0 spiro atoms. The maximum atomic E-state index is 14.9. The summed E-state index contributed by atoms with van der Waals surface area (Å²) in [7, 11) is 4.94. The number of benzene rings is 3. The van der Waals surface area contributed by atoms with Gasteiger partial charge in [0.25, 0.3) is 5.91 Å². The van der Waals surface area contributed by atoms with Gasteiger partial charge in [0.15, 0.2) is 5.82 Å². The second-order valence-electron chi connectivity index (χ2n) is 12.8. The van der Waals surface area contributed by atoms with Crippen LogP contribution in [-0.4, -0.2) is 58.4 Å². The molecule has 0 radical (unpaired) electrons. The summed E-state index contributed by atoms with van der Waals surface area (Å²) in [5.41, 5.74) is 2.29. The molecule has 2 amide bonds. The van der Waals surface area contributed by atoms with Gasteiger partial charge in [0.05, 0.1) is 55.2 Å². The molecule has 0 N–H and O–H groups in total. The molecule has 2 aliphatic heterocycles. The van der Waals surface area contributed by atoms with Crippen molar-refractivity contribution >= 4 is 11.8 Å². The Balaban J connectivity index is 1.37. The number of nitrogens with zero attached hydrogens (tertiary/aromatic N) is 4. The zero-order chi connectivity index (χ0) is 33.0. The number of rotatable bonds is 8. The van der Waals surface area contributed by atoms with Crippen LogP contribution in [0.2, 0.25) is 0 Å². The van der Waals surface area contributed by atoms with Crippen molar-refractivity contribution < 1.29 is 27.8 Å². The summed E-state index contributed by atoms with van der Waals surface area (Å²) in [5, 5.41) is 0. The summed E-state index contributed by atoms with van der Waals surface area (Å²) in [5.74, 6) is -0.735. The van der Waals surface area contributed by atoms with Gasteiger partial charge < -0.3 is 19.3 Å². The highest BCUT2D eigenvalue weighted by molar-refractivity contribution is 5.99. The summed E-state index contributed by atoms with van der Waals surface area (Å²) in [6.45, 7) is 6.43. The van der Waals surface area contributed by atoms with E-state index >= 15 is 0 Å². The Morgan fingerprint density at radius 1 is 0.891 bits per heavy atom. The first-order valence-electron chi connectivity index (χ1n) is 15.1. The lowest BCUT2D eigenvalue weighted by molar-refractivity contribution is -0.132. The predicted molar refractivity (Wildman–Crippen MR) is 169 cm³/mol. The average molecular weight is 627 g/mol. The zero-order valence-electron chi connectivity index (χ0n) is 26.8. The fourth-order valence-corrected chi connectivity index (χ4v) is 6.71. The minimum Gasteiger partial charge on any atom is -0.497 e. The Morgan fingerprint density at radius 3 is 2.20 bits per heavy atom. The quantitative estimate of drug-likeness (QED) is 0.236. The van der Waals surface area contributed by atoms with Crippen molar-refractivity contribution in [3.05, 3.63) is 106 Å². The Bertz CT molecular complexity index is 1840. The highest BCUT2D eigenvalue weighted by Gasteiger charge is 2.51. The third-order valence-corrected chi connectivity index (χ3v) is 9.38. The first-order valence-corrected chi connectivity index (χ1v) is 15.1. The molecule has 0 aliphatic carbocycles. The van der Waals surface area contributed by atoms with Crippen LogP contribution in [-0.2, 0) is 29.7 Å². The van der Waals surface area contributed by atoms with Crippen LogP contribution in [0.3, 0.4) is 0 Å². The number of aromatic nitrogens is 2. The van der Waals surface area contributed by atoms with Crippen LogP contribution in [0.1, 0.15) is 65.6 Å². The number of methoxy groups -OCH3 is 2. The first kappa shape index (κ1) is 31.1. The van der Waals surface area contributed by atoms with Gasteiger partial charge in [0, 0.05) is 30.6 Å². The smallest absolute Gasteiger partial charge is 0.258 e. The Hall–Kier alpha value is -4.86. The van der Waals surface area contributed by atoms with Gasteiger partial charge in [-0.3, -0.25) is 9.59 Å². The second kappa shape index (κ2) is 11.5. The van der Waals surface area contributed by atoms with Gasteiger partial charge in [-0.1, -0.05) is 30.3 Å². The third kappa shape index (κ3) is 5.25. The summed E-state index contributed by atoms with van der Waals surface area (Å²) in [6.07, 6.45) is 0.894. The van der Waals surface area contributed by atoms with E-state index in [1.54, 1.807) is 36.2 Å². The highest BCUT2D eigenvalue weighted by atomic mass is 19.1. The second-order valence-corrected chi connectivity index (χ2v) is 12.8. The van der Waals surface area contributed by atoms with E-state index in [9.17, 15) is 18.4 Å². The van der Waals surface area contributed by atoms with Crippen molar-refractivity contribution in [2.75, 3.05) is 21.3 Å². The number of carbonyl (C=O) groups excluding carboxylic acids is 2. The van der Waals surface area contributed by atoms with Crippen LogP contribution in [0.5, 0.6) is 11.5 Å². The number of likely N-dealkylation sites (tertiary alicyclic amines) is 1. The minimum atomic E-state index is -0.790. The van der Waals surface area contributed by atoms with Crippen LogP contribution in [0.25, 0.3) is 11.4 Å². The van der Waals surface area contributed by atoms with Crippen molar-refractivity contribution in [1.29, 1.82) is 0 Å². The Labute approximate surface area is 267 Å². The Morgan fingerprint density at radius 2 is 1.59 bits per heavy atom. The summed E-state index contributed by atoms with van der Waals surface area (Å²) in [4.78, 5) is 39.7. The van der Waals surface area contributed by atoms with Crippen LogP contribution >= 0.6 is 0 Å². The summed E-state index contributed by atoms with van der Waals surface area (Å²) >= 11 is 0. The molecule has 1 aromatic heterocycles. The zero-order valence-corrected chi connectivity index (χ0v) is 26.8. The molecule has 4 aromatic rings. The maximum absolute atomic E-state index is 14.9. The number of carbonyl (C=O) groups is 2. The van der Waals surface area contributed by atoms with Crippen molar-refractivity contribution in [3.63, 3.8) is 0 Å². The van der Waals surface area contributed by atoms with Gasteiger partial charge in [-0.05, 0) is 62.6 Å². The molecule has 8 nitrogen and oxygen atoms in total. The van der Waals surface area contributed by atoms with Crippen molar-refractivity contribution in [2.45, 2.75) is 57.7 Å². The molecule has 1 atom stereocenters. The summed E-state index contributed by atoms with van der Waals surface area (Å²) in [6, 6.07) is 16.7. The monoisotopic (exact) mass is 626 g/mol. The summed E-state index contributed by atoms with van der Waals surface area (Å²) < 4.78 is 40.7. The molecule has 10 heteroatoms. The van der Waals surface area contributed by atoms with E-state index in [0.29, 0.717) is 34.9 Å². The molecular formula is C36H36F2N4O4. The number of amides is 2. The average Bonchev–Trinajstić information content (AvgIpc) is 3.42. The molecule has 1 fully saturated rings. The van der Waals surface area contributed by atoms with Gasteiger partial charge >= 0.3 is 0 Å². The molecule has 238 valence electrons. The molecule has 0 saturated carbocycles. The van der Waals surface area contributed by atoms with Gasteiger partial charge in [0.2, 0.25) is 5.91 Å². The molecule has 0 unspecified atom stereocenters. The predicted octanol–water partition coefficient (Wildman–Crippen LogP) is 6.08. The molecule has 3 heterocycles. The van der Waals surface area contributed by atoms with E-state index in [1.807, 2.05) is 44.3 Å². The lowest BCUT2D eigenvalue weighted by atomic mass is 9.77. The van der Waals surface area contributed by atoms with Crippen molar-refractivity contribution in [1.82, 2.24) is 19.8 Å². The van der Waals surface area contributed by atoms with E-state index in [1.165, 1.54) is 6.07 Å². The minimum absolute atomic E-state index is 0.0644. The maximum Gasteiger partial charge on any atom is 0.258 e. The number of hydrogen-bond donors (Lipinski definition) is 0. The van der Waals surface area contributed by atoms with Crippen molar-refractivity contribution in [3.8, 4) is 22.9 Å². The highest BCUT2D eigenvalue weighted by Crippen LogP contribution is 2.44. The van der Waals surface area contributed by atoms with E-state index in [-0.39, 0.29) is 48.3 Å². The van der Waals surface area contributed by atoms with Gasteiger partial charge in [0.1, 0.15) is 23.1 Å². The SMILES string of the molecule is COc1ccc(CN2Cc3nc(-c4c(F)cccc4F)nc(Cc4ccc([C@]5(C)CC(C)(C)N(C)C5=O)cc4)c3C2=O)c(OC)c1. The molecule has 1 saturated heterocycles. The number of likely N-dealkylation sites (N-methyl/N-ethyl adjacent to an activating group) is 1. The van der Waals surface area contributed by atoms with Crippen LogP contribution < -0.4 is 9.47 Å². The fourth-order valence-electron chi connectivity index (χ4n) is 6.71. The van der Waals surface area contributed by atoms with Gasteiger partial charge in [-0.2, -0.15) is 0 Å². The van der Waals surface area contributed by atoms with E-state index in [4.69, 9.17) is 9.47 Å².